The van der Waals surface area contributed by atoms with Gasteiger partial charge in [0, 0.05) is 11.1 Å². The van der Waals surface area contributed by atoms with E-state index in [4.69, 9.17) is 16.7 Å². The van der Waals surface area contributed by atoms with E-state index in [-0.39, 0.29) is 0 Å². The van der Waals surface area contributed by atoms with E-state index in [0.29, 0.717) is 11.5 Å². The van der Waals surface area contributed by atoms with Gasteiger partial charge in [-0.25, -0.2) is 4.79 Å². The number of aliphatic carboxylic acids is 1. The number of halogens is 1. The van der Waals surface area contributed by atoms with Crippen LogP contribution in [0.15, 0.2) is 11.1 Å². The normalized spacial score (nSPS) is 11.7. The first-order valence-electron chi connectivity index (χ1n) is 4.25. The molecule has 2 nitrogen and oxygen atoms in total. The predicted octanol–water partition coefficient (Wildman–Crippen LogP) is 3.16. The van der Waals surface area contributed by atoms with Crippen LogP contribution in [0.2, 0.25) is 0 Å². The van der Waals surface area contributed by atoms with Crippen LogP contribution in [-0.4, -0.2) is 11.1 Å². The van der Waals surface area contributed by atoms with E-state index >= 15 is 0 Å². The third kappa shape index (κ3) is 7.61. The molecule has 0 unspecified atom stereocenters. The van der Waals surface area contributed by atoms with Gasteiger partial charge in [-0.1, -0.05) is 37.8 Å². The SMILES string of the molecule is CCCCCCC(Cl)=CC(=O)O. The van der Waals surface area contributed by atoms with Crippen molar-refractivity contribution in [3.8, 4) is 0 Å². The van der Waals surface area contributed by atoms with Gasteiger partial charge in [-0.2, -0.15) is 0 Å². The molecule has 70 valence electrons. The van der Waals surface area contributed by atoms with E-state index in [0.717, 1.165) is 18.9 Å². The molecule has 0 aliphatic carbocycles. The second-order valence-corrected chi connectivity index (χ2v) is 3.23. The van der Waals surface area contributed by atoms with E-state index in [1.807, 2.05) is 0 Å². The van der Waals surface area contributed by atoms with Crippen molar-refractivity contribution in [1.29, 1.82) is 0 Å². The van der Waals surface area contributed by atoms with Crippen LogP contribution in [-0.2, 0) is 4.79 Å². The van der Waals surface area contributed by atoms with Crippen molar-refractivity contribution in [2.75, 3.05) is 0 Å². The average Bonchev–Trinajstić information content (AvgIpc) is 1.97. The van der Waals surface area contributed by atoms with Crippen LogP contribution >= 0.6 is 11.6 Å². The van der Waals surface area contributed by atoms with Crippen molar-refractivity contribution in [1.82, 2.24) is 0 Å². The summed E-state index contributed by atoms with van der Waals surface area (Å²) in [6.07, 6.45) is 6.23. The molecule has 0 aromatic carbocycles. The van der Waals surface area contributed by atoms with Crippen LogP contribution in [0.1, 0.15) is 39.0 Å². The minimum atomic E-state index is -0.963. The van der Waals surface area contributed by atoms with Crippen molar-refractivity contribution < 1.29 is 9.90 Å². The highest BCUT2D eigenvalue weighted by molar-refractivity contribution is 6.30. The molecule has 0 saturated heterocycles. The van der Waals surface area contributed by atoms with Gasteiger partial charge < -0.3 is 5.11 Å². The Balaban J connectivity index is 3.43. The smallest absolute Gasteiger partial charge is 0.329 e. The minimum Gasteiger partial charge on any atom is -0.478 e. The molecule has 0 amide bonds. The Morgan fingerprint density at radius 1 is 1.42 bits per heavy atom. The molecule has 0 bridgehead atoms. The highest BCUT2D eigenvalue weighted by Gasteiger charge is 1.96. The number of carboxylic acid groups (broad SMARTS) is 1. The van der Waals surface area contributed by atoms with E-state index in [1.54, 1.807) is 0 Å². The number of unbranched alkanes of at least 4 members (excludes halogenated alkanes) is 3. The van der Waals surface area contributed by atoms with Gasteiger partial charge in [0.1, 0.15) is 0 Å². The van der Waals surface area contributed by atoms with Gasteiger partial charge in [0.15, 0.2) is 0 Å². The quantitative estimate of drug-likeness (QED) is 0.516. The lowest BCUT2D eigenvalue weighted by Gasteiger charge is -1.97. The van der Waals surface area contributed by atoms with Crippen molar-refractivity contribution in [3.05, 3.63) is 11.1 Å². The Hall–Kier alpha value is -0.500. The van der Waals surface area contributed by atoms with E-state index in [2.05, 4.69) is 6.92 Å². The zero-order valence-electron chi connectivity index (χ0n) is 7.35. The zero-order valence-corrected chi connectivity index (χ0v) is 8.10. The minimum absolute atomic E-state index is 0.443. The van der Waals surface area contributed by atoms with Gasteiger partial charge in [-0.3, -0.25) is 0 Å². The highest BCUT2D eigenvalue weighted by atomic mass is 35.5. The van der Waals surface area contributed by atoms with Crippen LogP contribution in [0.4, 0.5) is 0 Å². The fraction of sp³-hybridized carbons (Fsp3) is 0.667. The monoisotopic (exact) mass is 190 g/mol. The summed E-state index contributed by atoms with van der Waals surface area (Å²) in [6.45, 7) is 2.13. The van der Waals surface area contributed by atoms with E-state index in [1.165, 1.54) is 12.8 Å². The van der Waals surface area contributed by atoms with Gasteiger partial charge in [-0.05, 0) is 12.8 Å². The number of hydrogen-bond acceptors (Lipinski definition) is 1. The fourth-order valence-corrected chi connectivity index (χ4v) is 1.15. The molecule has 0 aromatic rings. The molecule has 0 saturated carbocycles. The molecule has 0 aliphatic heterocycles. The van der Waals surface area contributed by atoms with Crippen molar-refractivity contribution >= 4 is 17.6 Å². The highest BCUT2D eigenvalue weighted by Crippen LogP contribution is 2.13. The predicted molar refractivity (Wildman–Crippen MR) is 50.3 cm³/mol. The topological polar surface area (TPSA) is 37.3 Å². The summed E-state index contributed by atoms with van der Waals surface area (Å²) in [6, 6.07) is 0. The molecule has 0 fully saturated rings. The largest absolute Gasteiger partial charge is 0.478 e. The number of allylic oxidation sites excluding steroid dienone is 1. The van der Waals surface area contributed by atoms with Crippen molar-refractivity contribution in [2.24, 2.45) is 0 Å². The molecule has 0 aromatic heterocycles. The molecule has 0 radical (unpaired) electrons. The fourth-order valence-electron chi connectivity index (χ4n) is 0.927. The molecule has 0 aliphatic rings. The molecule has 0 atom stereocenters. The maximum Gasteiger partial charge on any atom is 0.329 e. The van der Waals surface area contributed by atoms with Gasteiger partial charge in [0.25, 0.3) is 0 Å². The van der Waals surface area contributed by atoms with Gasteiger partial charge in [0.2, 0.25) is 0 Å². The summed E-state index contributed by atoms with van der Waals surface area (Å²) < 4.78 is 0. The van der Waals surface area contributed by atoms with Gasteiger partial charge in [0.05, 0.1) is 0 Å². The lowest BCUT2D eigenvalue weighted by molar-refractivity contribution is -0.131. The second kappa shape index (κ2) is 7.17. The Morgan fingerprint density at radius 3 is 2.58 bits per heavy atom. The second-order valence-electron chi connectivity index (χ2n) is 2.74. The molecule has 0 spiro atoms. The van der Waals surface area contributed by atoms with Crippen LogP contribution in [0.3, 0.4) is 0 Å². The van der Waals surface area contributed by atoms with Crippen molar-refractivity contribution in [2.45, 2.75) is 39.0 Å². The molecular weight excluding hydrogens is 176 g/mol. The first-order valence-corrected chi connectivity index (χ1v) is 4.63. The summed E-state index contributed by atoms with van der Waals surface area (Å²) in [4.78, 5) is 10.1. The van der Waals surface area contributed by atoms with Crippen LogP contribution in [0.25, 0.3) is 0 Å². The van der Waals surface area contributed by atoms with Crippen molar-refractivity contribution in [3.63, 3.8) is 0 Å². The summed E-state index contributed by atoms with van der Waals surface area (Å²) in [7, 11) is 0. The summed E-state index contributed by atoms with van der Waals surface area (Å²) in [5, 5.41) is 8.77. The Morgan fingerprint density at radius 2 is 2.08 bits per heavy atom. The van der Waals surface area contributed by atoms with Crippen LogP contribution < -0.4 is 0 Å². The molecule has 1 N–H and O–H groups in total. The van der Waals surface area contributed by atoms with Crippen LogP contribution in [0, 0.1) is 0 Å². The molecular formula is C9H15ClO2. The number of rotatable bonds is 6. The third-order valence-corrected chi connectivity index (χ3v) is 1.85. The molecule has 0 rings (SSSR count). The Bertz CT molecular complexity index is 164. The van der Waals surface area contributed by atoms with Crippen LogP contribution in [0.5, 0.6) is 0 Å². The summed E-state index contributed by atoms with van der Waals surface area (Å²) in [5.41, 5.74) is 0. The number of hydrogen-bond donors (Lipinski definition) is 1. The first kappa shape index (κ1) is 11.5. The van der Waals surface area contributed by atoms with Gasteiger partial charge in [-0.15, -0.1) is 0 Å². The molecule has 3 heteroatoms. The Kier molecular flexibility index (Phi) is 6.87. The number of carboxylic acids is 1. The summed E-state index contributed by atoms with van der Waals surface area (Å²) >= 11 is 5.64. The average molecular weight is 191 g/mol. The first-order chi connectivity index (χ1) is 5.66. The lowest BCUT2D eigenvalue weighted by Crippen LogP contribution is -1.88. The standard InChI is InChI=1S/C9H15ClO2/c1-2-3-4-5-6-8(10)7-9(11)12/h7H,2-6H2,1H3,(H,11,12). The molecule has 0 heterocycles. The molecule has 12 heavy (non-hydrogen) atoms. The lowest BCUT2D eigenvalue weighted by atomic mass is 10.1. The number of carbonyl (C=O) groups is 1. The van der Waals surface area contributed by atoms with Gasteiger partial charge >= 0.3 is 5.97 Å². The zero-order chi connectivity index (χ0) is 9.40. The Labute approximate surface area is 78.2 Å². The maximum atomic E-state index is 10.1. The third-order valence-electron chi connectivity index (χ3n) is 1.55. The van der Waals surface area contributed by atoms with E-state index < -0.39 is 5.97 Å². The van der Waals surface area contributed by atoms with E-state index in [9.17, 15) is 4.79 Å². The summed E-state index contributed by atoms with van der Waals surface area (Å²) in [5.74, 6) is -0.963. The maximum absolute atomic E-state index is 10.1.